The van der Waals surface area contributed by atoms with Crippen LogP contribution in [-0.2, 0) is 0 Å². The molecular weight excluding hydrogens is 190 g/mol. The van der Waals surface area contributed by atoms with Gasteiger partial charge in [0, 0.05) is 18.5 Å². The Labute approximate surface area is 90.1 Å². The second-order valence-corrected chi connectivity index (χ2v) is 3.96. The normalized spacial score (nSPS) is 25.5. The Morgan fingerprint density at radius 3 is 2.93 bits per heavy atom. The molecule has 0 amide bonds. The predicted octanol–water partition coefficient (Wildman–Crippen LogP) is 1.13. The van der Waals surface area contributed by atoms with Crippen molar-refractivity contribution in [1.82, 2.24) is 5.32 Å². The number of para-hydroxylation sites is 1. The SMILES string of the molecule is COc1ccccc1C1CNC(CO)C1. The third-order valence-corrected chi connectivity index (χ3v) is 3.02. The van der Waals surface area contributed by atoms with E-state index in [1.165, 1.54) is 5.56 Å². The van der Waals surface area contributed by atoms with Gasteiger partial charge in [0.15, 0.2) is 0 Å². The van der Waals surface area contributed by atoms with Crippen LogP contribution in [0.15, 0.2) is 24.3 Å². The van der Waals surface area contributed by atoms with Crippen LogP contribution in [0.2, 0.25) is 0 Å². The van der Waals surface area contributed by atoms with Crippen LogP contribution in [-0.4, -0.2) is 31.4 Å². The van der Waals surface area contributed by atoms with Gasteiger partial charge in [-0.2, -0.15) is 0 Å². The Kier molecular flexibility index (Phi) is 3.23. The number of aliphatic hydroxyl groups is 1. The standard InChI is InChI=1S/C12H17NO2/c1-15-12-5-3-2-4-11(12)9-6-10(8-14)13-7-9/h2-5,9-10,13-14H,6-8H2,1H3. The molecule has 0 spiro atoms. The third kappa shape index (κ3) is 2.13. The molecule has 0 bridgehead atoms. The molecule has 2 rings (SSSR count). The van der Waals surface area contributed by atoms with Crippen LogP contribution in [0.1, 0.15) is 17.9 Å². The maximum Gasteiger partial charge on any atom is 0.122 e. The lowest BCUT2D eigenvalue weighted by molar-refractivity contribution is 0.254. The number of benzene rings is 1. The van der Waals surface area contributed by atoms with Crippen molar-refractivity contribution in [1.29, 1.82) is 0 Å². The third-order valence-electron chi connectivity index (χ3n) is 3.02. The summed E-state index contributed by atoms with van der Waals surface area (Å²) >= 11 is 0. The van der Waals surface area contributed by atoms with E-state index in [0.717, 1.165) is 18.7 Å². The molecule has 0 saturated carbocycles. The Hall–Kier alpha value is -1.06. The van der Waals surface area contributed by atoms with Gasteiger partial charge in [0.05, 0.1) is 13.7 Å². The van der Waals surface area contributed by atoms with E-state index in [-0.39, 0.29) is 12.6 Å². The molecule has 3 heteroatoms. The zero-order valence-corrected chi connectivity index (χ0v) is 8.94. The number of hydrogen-bond donors (Lipinski definition) is 2. The highest BCUT2D eigenvalue weighted by Crippen LogP contribution is 2.32. The average Bonchev–Trinajstić information content (AvgIpc) is 2.77. The molecule has 0 aliphatic carbocycles. The highest BCUT2D eigenvalue weighted by Gasteiger charge is 2.26. The van der Waals surface area contributed by atoms with Gasteiger partial charge < -0.3 is 15.2 Å². The number of methoxy groups -OCH3 is 1. The fraction of sp³-hybridized carbons (Fsp3) is 0.500. The summed E-state index contributed by atoms with van der Waals surface area (Å²) in [5.74, 6) is 1.40. The molecule has 0 aromatic heterocycles. The molecule has 1 saturated heterocycles. The lowest BCUT2D eigenvalue weighted by atomic mass is 9.95. The first-order chi connectivity index (χ1) is 7.35. The van der Waals surface area contributed by atoms with Gasteiger partial charge in [0.2, 0.25) is 0 Å². The minimum Gasteiger partial charge on any atom is -0.496 e. The van der Waals surface area contributed by atoms with Crippen LogP contribution in [0.25, 0.3) is 0 Å². The molecule has 1 aromatic rings. The number of ether oxygens (including phenoxy) is 1. The fourth-order valence-electron chi connectivity index (χ4n) is 2.20. The topological polar surface area (TPSA) is 41.5 Å². The molecule has 1 aliphatic heterocycles. The van der Waals surface area contributed by atoms with Gasteiger partial charge in [-0.3, -0.25) is 0 Å². The highest BCUT2D eigenvalue weighted by molar-refractivity contribution is 5.37. The second kappa shape index (κ2) is 4.64. The molecule has 2 unspecified atom stereocenters. The van der Waals surface area contributed by atoms with Crippen molar-refractivity contribution >= 4 is 0 Å². The molecule has 3 nitrogen and oxygen atoms in total. The Morgan fingerprint density at radius 2 is 2.27 bits per heavy atom. The largest absolute Gasteiger partial charge is 0.496 e. The summed E-state index contributed by atoms with van der Waals surface area (Å²) in [5, 5.41) is 12.4. The lowest BCUT2D eigenvalue weighted by Crippen LogP contribution is -2.24. The van der Waals surface area contributed by atoms with Crippen LogP contribution in [0.5, 0.6) is 5.75 Å². The molecule has 1 aromatic carbocycles. The maximum absolute atomic E-state index is 9.06. The lowest BCUT2D eigenvalue weighted by Gasteiger charge is -2.13. The van der Waals surface area contributed by atoms with Gasteiger partial charge in [-0.05, 0) is 18.1 Å². The summed E-state index contributed by atoms with van der Waals surface area (Å²) in [6, 6.07) is 8.34. The summed E-state index contributed by atoms with van der Waals surface area (Å²) in [4.78, 5) is 0. The zero-order valence-electron chi connectivity index (χ0n) is 8.94. The van der Waals surface area contributed by atoms with E-state index in [1.807, 2.05) is 18.2 Å². The summed E-state index contributed by atoms with van der Waals surface area (Å²) in [6.07, 6.45) is 0.983. The molecule has 1 fully saturated rings. The molecule has 1 aliphatic rings. The van der Waals surface area contributed by atoms with Crippen molar-refractivity contribution in [3.05, 3.63) is 29.8 Å². The summed E-state index contributed by atoms with van der Waals surface area (Å²) in [5.41, 5.74) is 1.24. The average molecular weight is 207 g/mol. The minimum absolute atomic E-state index is 0.214. The molecular formula is C12H17NO2. The second-order valence-electron chi connectivity index (χ2n) is 3.96. The van der Waals surface area contributed by atoms with E-state index in [9.17, 15) is 0 Å². The van der Waals surface area contributed by atoms with Crippen LogP contribution in [0, 0.1) is 0 Å². The van der Waals surface area contributed by atoms with E-state index >= 15 is 0 Å². The van der Waals surface area contributed by atoms with Gasteiger partial charge in [-0.25, -0.2) is 0 Å². The van der Waals surface area contributed by atoms with E-state index in [0.29, 0.717) is 5.92 Å². The Balaban J connectivity index is 2.16. The van der Waals surface area contributed by atoms with Gasteiger partial charge in [0.25, 0.3) is 0 Å². The molecule has 1 heterocycles. The summed E-state index contributed by atoms with van der Waals surface area (Å²) < 4.78 is 5.34. The highest BCUT2D eigenvalue weighted by atomic mass is 16.5. The first kappa shape index (κ1) is 10.5. The number of nitrogens with one attached hydrogen (secondary N) is 1. The van der Waals surface area contributed by atoms with Gasteiger partial charge >= 0.3 is 0 Å². The molecule has 15 heavy (non-hydrogen) atoms. The van der Waals surface area contributed by atoms with Crippen LogP contribution >= 0.6 is 0 Å². The first-order valence-electron chi connectivity index (χ1n) is 5.32. The predicted molar refractivity (Wildman–Crippen MR) is 59.2 cm³/mol. The summed E-state index contributed by atoms with van der Waals surface area (Å²) in [6.45, 7) is 1.14. The Morgan fingerprint density at radius 1 is 1.47 bits per heavy atom. The monoisotopic (exact) mass is 207 g/mol. The zero-order chi connectivity index (χ0) is 10.7. The van der Waals surface area contributed by atoms with Crippen LogP contribution in [0.4, 0.5) is 0 Å². The van der Waals surface area contributed by atoms with Gasteiger partial charge in [-0.1, -0.05) is 18.2 Å². The smallest absolute Gasteiger partial charge is 0.122 e. The van der Waals surface area contributed by atoms with Crippen molar-refractivity contribution in [2.24, 2.45) is 0 Å². The number of hydrogen-bond acceptors (Lipinski definition) is 3. The first-order valence-corrected chi connectivity index (χ1v) is 5.32. The maximum atomic E-state index is 9.06. The van der Waals surface area contributed by atoms with Crippen molar-refractivity contribution in [3.8, 4) is 5.75 Å². The van der Waals surface area contributed by atoms with Crippen molar-refractivity contribution < 1.29 is 9.84 Å². The molecule has 2 N–H and O–H groups in total. The number of aliphatic hydroxyl groups excluding tert-OH is 1. The summed E-state index contributed by atoms with van der Waals surface area (Å²) in [7, 11) is 1.70. The van der Waals surface area contributed by atoms with E-state index in [4.69, 9.17) is 9.84 Å². The van der Waals surface area contributed by atoms with Crippen molar-refractivity contribution in [3.63, 3.8) is 0 Å². The van der Waals surface area contributed by atoms with Crippen LogP contribution < -0.4 is 10.1 Å². The molecule has 82 valence electrons. The van der Waals surface area contributed by atoms with Crippen molar-refractivity contribution in [2.75, 3.05) is 20.3 Å². The molecule has 0 radical (unpaired) electrons. The van der Waals surface area contributed by atoms with Crippen LogP contribution in [0.3, 0.4) is 0 Å². The van der Waals surface area contributed by atoms with E-state index < -0.39 is 0 Å². The fourth-order valence-corrected chi connectivity index (χ4v) is 2.20. The molecule has 2 atom stereocenters. The van der Waals surface area contributed by atoms with Gasteiger partial charge in [-0.15, -0.1) is 0 Å². The number of rotatable bonds is 3. The quantitative estimate of drug-likeness (QED) is 0.780. The van der Waals surface area contributed by atoms with Gasteiger partial charge in [0.1, 0.15) is 5.75 Å². The van der Waals surface area contributed by atoms with E-state index in [1.54, 1.807) is 7.11 Å². The van der Waals surface area contributed by atoms with Crippen molar-refractivity contribution in [2.45, 2.75) is 18.4 Å². The van der Waals surface area contributed by atoms with E-state index in [2.05, 4.69) is 11.4 Å². The Bertz CT molecular complexity index is 327. The minimum atomic E-state index is 0.214.